The smallest absolute Gasteiger partial charge is 0.338 e. The van der Waals surface area contributed by atoms with Gasteiger partial charge < -0.3 is 4.74 Å². The maximum Gasteiger partial charge on any atom is 0.338 e. The van der Waals surface area contributed by atoms with Crippen LogP contribution in [0.3, 0.4) is 0 Å². The van der Waals surface area contributed by atoms with Gasteiger partial charge in [-0.2, -0.15) is 0 Å². The molecule has 1 aromatic carbocycles. The van der Waals surface area contributed by atoms with Gasteiger partial charge in [-0.3, -0.25) is 10.1 Å². The highest BCUT2D eigenvalue weighted by atomic mass is 16.6. The van der Waals surface area contributed by atoms with Crippen LogP contribution in [0.5, 0.6) is 0 Å². The summed E-state index contributed by atoms with van der Waals surface area (Å²) in [5.74, 6) is -0.396. The molecule has 0 heterocycles. The SMILES string of the molecule is O=C(O[C@@H]1CCC/C=C\CCCC1)c1ccc([N+](=O)[O-])cc1. The molecule has 1 atom stereocenters. The van der Waals surface area contributed by atoms with Gasteiger partial charge in [0.2, 0.25) is 0 Å². The first-order chi connectivity index (χ1) is 10.7. The van der Waals surface area contributed by atoms with Crippen molar-refractivity contribution in [2.24, 2.45) is 0 Å². The van der Waals surface area contributed by atoms with Crippen LogP contribution in [-0.4, -0.2) is 17.0 Å². The molecule has 0 spiro atoms. The van der Waals surface area contributed by atoms with Crippen LogP contribution in [0.25, 0.3) is 0 Å². The number of carbonyl (C=O) groups excluding carboxylic acids is 1. The minimum absolute atomic E-state index is 0.0259. The Morgan fingerprint density at radius 1 is 1.05 bits per heavy atom. The van der Waals surface area contributed by atoms with E-state index in [9.17, 15) is 14.9 Å². The second-order valence-electron chi connectivity index (χ2n) is 5.52. The van der Waals surface area contributed by atoms with Crippen molar-refractivity contribution in [2.75, 3.05) is 0 Å². The van der Waals surface area contributed by atoms with E-state index in [0.29, 0.717) is 5.56 Å². The molecule has 0 aromatic heterocycles. The first kappa shape index (κ1) is 16.2. The Morgan fingerprint density at radius 2 is 1.68 bits per heavy atom. The van der Waals surface area contributed by atoms with Crippen molar-refractivity contribution < 1.29 is 14.5 Å². The Hall–Kier alpha value is -2.17. The van der Waals surface area contributed by atoms with Gasteiger partial charge in [-0.05, 0) is 57.1 Å². The fourth-order valence-electron chi connectivity index (χ4n) is 2.53. The number of hydrogen-bond acceptors (Lipinski definition) is 4. The summed E-state index contributed by atoms with van der Waals surface area (Å²) in [7, 11) is 0. The van der Waals surface area contributed by atoms with E-state index in [1.165, 1.54) is 24.3 Å². The normalized spacial score (nSPS) is 20.8. The molecule has 0 radical (unpaired) electrons. The zero-order valence-electron chi connectivity index (χ0n) is 12.6. The molecule has 0 bridgehead atoms. The van der Waals surface area contributed by atoms with Gasteiger partial charge in [-0.25, -0.2) is 4.79 Å². The highest BCUT2D eigenvalue weighted by Gasteiger charge is 2.17. The van der Waals surface area contributed by atoms with E-state index >= 15 is 0 Å². The molecule has 0 N–H and O–H groups in total. The molecule has 118 valence electrons. The predicted molar refractivity (Wildman–Crippen MR) is 83.8 cm³/mol. The molecule has 0 saturated heterocycles. The van der Waals surface area contributed by atoms with Crippen LogP contribution in [0.1, 0.15) is 55.3 Å². The summed E-state index contributed by atoms with van der Waals surface area (Å²) < 4.78 is 5.58. The zero-order chi connectivity index (χ0) is 15.8. The molecular weight excluding hydrogens is 282 g/mol. The Bertz CT molecular complexity index is 536. The third kappa shape index (κ3) is 4.98. The van der Waals surface area contributed by atoms with Crippen LogP contribution >= 0.6 is 0 Å². The van der Waals surface area contributed by atoms with Crippen LogP contribution < -0.4 is 0 Å². The van der Waals surface area contributed by atoms with Crippen molar-refractivity contribution in [3.05, 3.63) is 52.1 Å². The minimum Gasteiger partial charge on any atom is -0.459 e. The third-order valence-corrected chi connectivity index (χ3v) is 3.80. The molecule has 1 aliphatic rings. The fourth-order valence-corrected chi connectivity index (χ4v) is 2.53. The number of rotatable bonds is 3. The van der Waals surface area contributed by atoms with E-state index < -0.39 is 10.9 Å². The average Bonchev–Trinajstić information content (AvgIpc) is 2.53. The lowest BCUT2D eigenvalue weighted by Crippen LogP contribution is -2.18. The number of non-ortho nitro benzene ring substituents is 1. The first-order valence-electron chi connectivity index (χ1n) is 7.77. The van der Waals surface area contributed by atoms with Gasteiger partial charge in [-0.1, -0.05) is 12.2 Å². The van der Waals surface area contributed by atoms with E-state index in [2.05, 4.69) is 12.2 Å². The van der Waals surface area contributed by atoms with Crippen molar-refractivity contribution in [1.82, 2.24) is 0 Å². The molecule has 22 heavy (non-hydrogen) atoms. The quantitative estimate of drug-likeness (QED) is 0.359. The van der Waals surface area contributed by atoms with Gasteiger partial charge in [0.15, 0.2) is 0 Å². The topological polar surface area (TPSA) is 69.4 Å². The number of nitro benzene ring substituents is 1. The van der Waals surface area contributed by atoms with Gasteiger partial charge in [0, 0.05) is 12.1 Å². The highest BCUT2D eigenvalue weighted by Crippen LogP contribution is 2.19. The van der Waals surface area contributed by atoms with Crippen molar-refractivity contribution in [3.63, 3.8) is 0 Å². The van der Waals surface area contributed by atoms with E-state index in [1.807, 2.05) is 0 Å². The number of benzene rings is 1. The maximum atomic E-state index is 12.1. The summed E-state index contributed by atoms with van der Waals surface area (Å²) in [6.07, 6.45) is 11.4. The molecule has 2 rings (SSSR count). The van der Waals surface area contributed by atoms with Crippen molar-refractivity contribution >= 4 is 11.7 Å². The molecule has 5 nitrogen and oxygen atoms in total. The van der Waals surface area contributed by atoms with E-state index in [-0.39, 0.29) is 11.8 Å². The lowest BCUT2D eigenvalue weighted by molar-refractivity contribution is -0.384. The van der Waals surface area contributed by atoms with Crippen LogP contribution in [0, 0.1) is 10.1 Å². The molecule has 1 aromatic rings. The lowest BCUT2D eigenvalue weighted by atomic mass is 10.0. The first-order valence-corrected chi connectivity index (χ1v) is 7.77. The number of ether oxygens (including phenoxy) is 1. The number of nitrogens with zero attached hydrogens (tertiary/aromatic N) is 1. The number of nitro groups is 1. The number of carbonyl (C=O) groups is 1. The summed E-state index contributed by atoms with van der Waals surface area (Å²) in [6, 6.07) is 5.55. The maximum absolute atomic E-state index is 12.1. The molecule has 0 fully saturated rings. The third-order valence-electron chi connectivity index (χ3n) is 3.80. The van der Waals surface area contributed by atoms with Crippen molar-refractivity contribution in [1.29, 1.82) is 0 Å². The summed E-state index contributed by atoms with van der Waals surface area (Å²) in [5, 5.41) is 10.6. The van der Waals surface area contributed by atoms with Crippen molar-refractivity contribution in [2.45, 2.75) is 51.0 Å². The molecule has 0 saturated carbocycles. The molecule has 1 aliphatic carbocycles. The fraction of sp³-hybridized carbons (Fsp3) is 0.471. The lowest BCUT2D eigenvalue weighted by Gasteiger charge is -2.18. The molecule has 0 amide bonds. The van der Waals surface area contributed by atoms with Crippen LogP contribution in [0.2, 0.25) is 0 Å². The summed E-state index contributed by atoms with van der Waals surface area (Å²) >= 11 is 0. The largest absolute Gasteiger partial charge is 0.459 e. The minimum atomic E-state index is -0.482. The highest BCUT2D eigenvalue weighted by molar-refractivity contribution is 5.89. The Morgan fingerprint density at radius 3 is 2.36 bits per heavy atom. The van der Waals surface area contributed by atoms with E-state index in [1.54, 1.807) is 0 Å². The van der Waals surface area contributed by atoms with Gasteiger partial charge in [0.25, 0.3) is 5.69 Å². The molecule has 0 unspecified atom stereocenters. The summed E-state index contributed by atoms with van der Waals surface area (Å²) in [5.41, 5.74) is 0.338. The Labute approximate surface area is 130 Å². The Kier molecular flexibility index (Phi) is 6.13. The summed E-state index contributed by atoms with van der Waals surface area (Å²) in [4.78, 5) is 22.3. The molecule has 5 heteroatoms. The van der Waals surface area contributed by atoms with E-state index in [0.717, 1.165) is 44.9 Å². The Balaban J connectivity index is 1.93. The van der Waals surface area contributed by atoms with Gasteiger partial charge >= 0.3 is 5.97 Å². The van der Waals surface area contributed by atoms with Crippen molar-refractivity contribution in [3.8, 4) is 0 Å². The molecule has 0 aliphatic heterocycles. The predicted octanol–water partition coefficient (Wildman–Crippen LogP) is 4.42. The second kappa shape index (κ2) is 8.32. The van der Waals surface area contributed by atoms with Gasteiger partial charge in [0.1, 0.15) is 6.10 Å². The van der Waals surface area contributed by atoms with E-state index in [4.69, 9.17) is 4.74 Å². The summed E-state index contributed by atoms with van der Waals surface area (Å²) in [6.45, 7) is 0. The zero-order valence-corrected chi connectivity index (χ0v) is 12.6. The van der Waals surface area contributed by atoms with Gasteiger partial charge in [-0.15, -0.1) is 0 Å². The number of hydrogen-bond donors (Lipinski definition) is 0. The van der Waals surface area contributed by atoms with Gasteiger partial charge in [0.05, 0.1) is 10.5 Å². The monoisotopic (exact) mass is 303 g/mol. The van der Waals surface area contributed by atoms with Crippen LogP contribution in [-0.2, 0) is 4.74 Å². The van der Waals surface area contributed by atoms with Crippen LogP contribution in [0.15, 0.2) is 36.4 Å². The van der Waals surface area contributed by atoms with Crippen LogP contribution in [0.4, 0.5) is 5.69 Å². The number of esters is 1. The standard InChI is InChI=1S/C17H21NO4/c19-17(14-10-12-15(13-11-14)18(20)21)22-16-8-6-4-2-1-3-5-7-9-16/h1-2,10-13,16H,3-9H2/b2-1-/t16-/m1/s1. The average molecular weight is 303 g/mol. The molecular formula is C17H21NO4. The number of allylic oxidation sites excluding steroid dienone is 2. The second-order valence-corrected chi connectivity index (χ2v) is 5.52.